The smallest absolute Gasteiger partial charge is 0.358 e. The molecule has 0 aliphatic carbocycles. The van der Waals surface area contributed by atoms with Crippen molar-refractivity contribution in [1.29, 1.82) is 5.26 Å². The number of nitrogens with zero attached hydrogens (tertiary/aromatic N) is 1. The first kappa shape index (κ1) is 49.1. The molecular weight excluding hydrogens is 195 g/mol. The molecule has 3 nitrogen and oxygen atoms in total. The van der Waals surface area contributed by atoms with E-state index in [0.717, 1.165) is 0 Å². The van der Waals surface area contributed by atoms with Crippen molar-refractivity contribution in [3.8, 4) is 0 Å². The molecule has 0 aliphatic heterocycles. The third-order valence-corrected chi connectivity index (χ3v) is 0. The minimum absolute atomic E-state index is 0. The van der Waals surface area contributed by atoms with Crippen molar-refractivity contribution >= 4 is 0 Å². The summed E-state index contributed by atoms with van der Waals surface area (Å²) in [4.78, 5) is 0. The zero-order valence-electron chi connectivity index (χ0n) is 4.12. The van der Waals surface area contributed by atoms with Crippen LogP contribution in [-0.2, 0) is 28.8 Å². The van der Waals surface area contributed by atoms with Crippen LogP contribution < -0.4 is 0 Å². The summed E-state index contributed by atoms with van der Waals surface area (Å²) in [6.45, 7) is 13.8. The van der Waals surface area contributed by atoms with Gasteiger partial charge in [0.25, 0.3) is 0 Å². The van der Waals surface area contributed by atoms with Crippen LogP contribution in [0, 0.1) is 32.6 Å². The number of hydrogen-bond acceptors (Lipinski definition) is 1. The van der Waals surface area contributed by atoms with Crippen LogP contribution in [0.1, 0.15) is 0 Å². The van der Waals surface area contributed by atoms with Gasteiger partial charge in [-0.3, -0.25) is 0 Å². The minimum atomic E-state index is 0. The molecule has 4 heteroatoms. The molecule has 0 N–H and O–H groups in total. The average molecular weight is 198 g/mol. The van der Waals surface area contributed by atoms with E-state index in [1.54, 1.807) is 0 Å². The van der Waals surface area contributed by atoms with Crippen molar-refractivity contribution < 1.29 is 28.8 Å². The Labute approximate surface area is 61.9 Å². The molecular formula is C4H3NO2Ru. The molecule has 0 aliphatic rings. The van der Waals surface area contributed by atoms with E-state index in [9.17, 15) is 0 Å². The summed E-state index contributed by atoms with van der Waals surface area (Å²) in [5.74, 6) is 0. The first-order valence-corrected chi connectivity index (χ1v) is 0.632. The van der Waals surface area contributed by atoms with Gasteiger partial charge in [-0.15, -0.1) is 0 Å². The van der Waals surface area contributed by atoms with Crippen molar-refractivity contribution in [2.75, 3.05) is 0 Å². The predicted octanol–water partition coefficient (Wildman–Crippen LogP) is 0.469. The van der Waals surface area contributed by atoms with Gasteiger partial charge >= 0.3 is 42.1 Å². The Balaban J connectivity index is -0.00000000500. The van der Waals surface area contributed by atoms with Crippen molar-refractivity contribution in [3.63, 3.8) is 0 Å². The van der Waals surface area contributed by atoms with Crippen molar-refractivity contribution in [2.45, 2.75) is 0 Å². The fourth-order valence-electron chi connectivity index (χ4n) is 0. The molecule has 0 spiro atoms. The van der Waals surface area contributed by atoms with Crippen LogP contribution in [0.3, 0.4) is 0 Å². The summed E-state index contributed by atoms with van der Waals surface area (Å²) < 4.78 is 15.0. The summed E-state index contributed by atoms with van der Waals surface area (Å²) in [5, 5.41) is 6.25. The normalized spacial score (nSPS) is 0.750. The maximum atomic E-state index is 7.50. The molecule has 0 bridgehead atoms. The van der Waals surface area contributed by atoms with Gasteiger partial charge in [-0.1, -0.05) is 0 Å². The summed E-state index contributed by atoms with van der Waals surface area (Å²) in [5.41, 5.74) is 0. The van der Waals surface area contributed by atoms with Gasteiger partial charge in [0, 0.05) is 0 Å². The molecule has 44 valence electrons. The Hall–Kier alpha value is -0.407. The molecule has 0 aromatic rings. The third kappa shape index (κ3) is 714. The van der Waals surface area contributed by atoms with Crippen molar-refractivity contribution in [2.24, 2.45) is 0 Å². The second-order valence-electron chi connectivity index (χ2n) is 0. The zero-order chi connectivity index (χ0) is 6.00. The fourth-order valence-corrected chi connectivity index (χ4v) is 0. The Morgan fingerprint density at radius 3 is 0.875 bits per heavy atom. The van der Waals surface area contributed by atoms with Crippen molar-refractivity contribution in [3.05, 3.63) is 27.3 Å². The topological polar surface area (TPSA) is 63.6 Å². The Bertz CT molecular complexity index is 42.5. The van der Waals surface area contributed by atoms with Crippen molar-refractivity contribution in [1.82, 2.24) is 0 Å². The zero-order valence-corrected chi connectivity index (χ0v) is 5.86. The second kappa shape index (κ2) is 1250. The third-order valence-electron chi connectivity index (χ3n) is 0. The number of hydrogen-bond donors (Lipinski definition) is 0. The second-order valence-corrected chi connectivity index (χ2v) is 0. The summed E-state index contributed by atoms with van der Waals surface area (Å²) in [7, 11) is 0. The van der Waals surface area contributed by atoms with E-state index in [1.807, 2.05) is 0 Å². The monoisotopic (exact) mass is 199 g/mol. The molecule has 0 aromatic heterocycles. The molecule has 0 saturated heterocycles. The van der Waals surface area contributed by atoms with Gasteiger partial charge in [0.2, 0.25) is 0 Å². The Kier molecular flexibility index (Phi) is 7650. The first-order valence-electron chi connectivity index (χ1n) is 0.632. The van der Waals surface area contributed by atoms with Crippen LogP contribution in [0.5, 0.6) is 0 Å². The van der Waals surface area contributed by atoms with Gasteiger partial charge in [-0.2, -0.15) is 0 Å². The molecule has 0 aromatic carbocycles. The van der Waals surface area contributed by atoms with Crippen LogP contribution >= 0.6 is 0 Å². The summed E-state index contributed by atoms with van der Waals surface area (Å²) >= 11 is 0. The van der Waals surface area contributed by atoms with Crippen LogP contribution in [0.4, 0.5) is 0 Å². The van der Waals surface area contributed by atoms with Crippen LogP contribution in [0.2, 0.25) is 0 Å². The number of rotatable bonds is 0. The fraction of sp³-hybridized carbons (Fsp3) is 0. The van der Waals surface area contributed by atoms with Gasteiger partial charge in [0.1, 0.15) is 0 Å². The van der Waals surface area contributed by atoms with Gasteiger partial charge in [0.15, 0.2) is 0 Å². The van der Waals surface area contributed by atoms with E-state index in [4.69, 9.17) is 21.1 Å². The average Bonchev–Trinajstić information content (AvgIpc) is 1.81. The molecule has 0 atom stereocenters. The van der Waals surface area contributed by atoms with E-state index >= 15 is 0 Å². The van der Waals surface area contributed by atoms with Crippen LogP contribution in [0.15, 0.2) is 0 Å². The Morgan fingerprint density at radius 1 is 0.875 bits per heavy atom. The minimum Gasteiger partial charge on any atom is -0.358 e. The molecule has 0 saturated carbocycles. The SMILES string of the molecule is [C-]#N.[C-]#[O+].[C-]#[O+].[CH3-].[Ru+2]. The quantitative estimate of drug-likeness (QED) is 0.317. The van der Waals surface area contributed by atoms with E-state index in [2.05, 4.69) is 13.3 Å². The predicted molar refractivity (Wildman–Crippen MR) is 19.2 cm³/mol. The van der Waals surface area contributed by atoms with Gasteiger partial charge < -0.3 is 19.3 Å². The molecule has 0 radical (unpaired) electrons. The van der Waals surface area contributed by atoms with E-state index in [1.165, 1.54) is 0 Å². The molecule has 0 heterocycles. The van der Waals surface area contributed by atoms with E-state index in [0.29, 0.717) is 0 Å². The summed E-state index contributed by atoms with van der Waals surface area (Å²) in [6.07, 6.45) is 0. The molecule has 0 amide bonds. The van der Waals surface area contributed by atoms with Crippen LogP contribution in [0.25, 0.3) is 0 Å². The van der Waals surface area contributed by atoms with Gasteiger partial charge in [-0.25, -0.2) is 0 Å². The first-order chi connectivity index (χ1) is 3.00. The summed E-state index contributed by atoms with van der Waals surface area (Å²) in [6, 6.07) is 0. The van der Waals surface area contributed by atoms with Crippen LogP contribution in [-0.4, -0.2) is 0 Å². The Morgan fingerprint density at radius 2 is 0.875 bits per heavy atom. The maximum Gasteiger partial charge on any atom is 2.00 e. The standard InChI is InChI=1S/CN.2CO.CH3.Ru/c3*1-2;;/h;;;1H3;/q-1;;;-1;+2. The maximum absolute atomic E-state index is 7.50. The molecule has 0 unspecified atom stereocenters. The van der Waals surface area contributed by atoms with E-state index in [-0.39, 0.29) is 26.9 Å². The molecule has 0 rings (SSSR count). The van der Waals surface area contributed by atoms with E-state index < -0.39 is 0 Å². The van der Waals surface area contributed by atoms with Gasteiger partial charge in [0.05, 0.1) is 0 Å². The largest absolute Gasteiger partial charge is 2.00 e. The molecule has 8 heavy (non-hydrogen) atoms. The molecule has 0 fully saturated rings. The van der Waals surface area contributed by atoms with Gasteiger partial charge in [-0.05, 0) is 0 Å².